The van der Waals surface area contributed by atoms with E-state index in [-0.39, 0.29) is 6.42 Å². The van der Waals surface area contributed by atoms with Crippen molar-refractivity contribution in [2.45, 2.75) is 25.7 Å². The van der Waals surface area contributed by atoms with E-state index in [1.165, 1.54) is 0 Å². The Kier molecular flexibility index (Phi) is 6.11. The molecule has 0 spiro atoms. The van der Waals surface area contributed by atoms with Gasteiger partial charge in [0.25, 0.3) is 0 Å². The number of unbranched alkanes of at least 4 members (excludes halogenated alkanes) is 2. The van der Waals surface area contributed by atoms with Crippen molar-refractivity contribution >= 4 is 5.97 Å². The Labute approximate surface area is 59.9 Å². The van der Waals surface area contributed by atoms with Crippen LogP contribution in [0, 0.1) is 0 Å². The van der Waals surface area contributed by atoms with Crippen molar-refractivity contribution in [2.24, 2.45) is 5.90 Å². The first-order valence-corrected chi connectivity index (χ1v) is 3.31. The fraction of sp³-hybridized carbons (Fsp3) is 0.833. The van der Waals surface area contributed by atoms with E-state index in [4.69, 9.17) is 11.0 Å². The van der Waals surface area contributed by atoms with Gasteiger partial charge < -0.3 is 9.94 Å². The number of hydrogen-bond donors (Lipinski definition) is 2. The topological polar surface area (TPSA) is 72.5 Å². The number of aliphatic carboxylic acids is 1. The second-order valence-electron chi connectivity index (χ2n) is 2.08. The van der Waals surface area contributed by atoms with E-state index in [1.54, 1.807) is 0 Å². The van der Waals surface area contributed by atoms with Gasteiger partial charge in [0.2, 0.25) is 0 Å². The Morgan fingerprint density at radius 1 is 1.40 bits per heavy atom. The normalized spacial score (nSPS) is 9.70. The summed E-state index contributed by atoms with van der Waals surface area (Å²) in [6, 6.07) is 0. The molecule has 0 rings (SSSR count). The van der Waals surface area contributed by atoms with Gasteiger partial charge in [-0.3, -0.25) is 4.79 Å². The van der Waals surface area contributed by atoms with Gasteiger partial charge in [0.1, 0.15) is 0 Å². The van der Waals surface area contributed by atoms with Gasteiger partial charge in [0.15, 0.2) is 0 Å². The van der Waals surface area contributed by atoms with Crippen molar-refractivity contribution < 1.29 is 14.7 Å². The molecule has 60 valence electrons. The molecule has 0 aliphatic heterocycles. The van der Waals surface area contributed by atoms with E-state index in [0.29, 0.717) is 13.0 Å². The predicted octanol–water partition coefficient (Wildman–Crippen LogP) is 0.522. The molecule has 4 nitrogen and oxygen atoms in total. The number of carbonyl (C=O) groups is 1. The lowest BCUT2D eigenvalue weighted by atomic mass is 10.2. The van der Waals surface area contributed by atoms with E-state index in [0.717, 1.165) is 12.8 Å². The molecular formula is C6H13NO3. The molecule has 0 aromatic carbocycles. The number of nitrogens with two attached hydrogens (primary N) is 1. The zero-order chi connectivity index (χ0) is 7.82. The molecule has 0 radical (unpaired) electrons. The number of hydrogen-bond acceptors (Lipinski definition) is 3. The van der Waals surface area contributed by atoms with Gasteiger partial charge in [-0.15, -0.1) is 0 Å². The molecule has 4 heteroatoms. The molecule has 0 aromatic heterocycles. The van der Waals surface area contributed by atoms with Crippen LogP contribution in [0.25, 0.3) is 0 Å². The molecule has 0 unspecified atom stereocenters. The fourth-order valence-electron chi connectivity index (χ4n) is 0.638. The maximum Gasteiger partial charge on any atom is 0.303 e. The second kappa shape index (κ2) is 6.51. The zero-order valence-electron chi connectivity index (χ0n) is 5.88. The van der Waals surface area contributed by atoms with Crippen LogP contribution in [0.5, 0.6) is 0 Å². The third-order valence-electron chi connectivity index (χ3n) is 1.15. The molecule has 0 saturated heterocycles. The van der Waals surface area contributed by atoms with Crippen molar-refractivity contribution in [1.82, 2.24) is 0 Å². The van der Waals surface area contributed by atoms with Crippen LogP contribution in [0.15, 0.2) is 0 Å². The zero-order valence-corrected chi connectivity index (χ0v) is 5.88. The van der Waals surface area contributed by atoms with Crippen LogP contribution in [0.3, 0.4) is 0 Å². The molecule has 0 saturated carbocycles. The Hall–Kier alpha value is -0.610. The predicted molar refractivity (Wildman–Crippen MR) is 36.2 cm³/mol. The minimum atomic E-state index is -0.742. The van der Waals surface area contributed by atoms with Crippen molar-refractivity contribution in [3.8, 4) is 0 Å². The highest BCUT2D eigenvalue weighted by atomic mass is 16.6. The molecule has 0 amide bonds. The quantitative estimate of drug-likeness (QED) is 0.424. The molecule has 0 aromatic rings. The molecule has 0 bridgehead atoms. The van der Waals surface area contributed by atoms with Crippen molar-refractivity contribution in [3.05, 3.63) is 0 Å². The minimum absolute atomic E-state index is 0.241. The molecular weight excluding hydrogens is 134 g/mol. The second-order valence-corrected chi connectivity index (χ2v) is 2.08. The van der Waals surface area contributed by atoms with E-state index < -0.39 is 5.97 Å². The Morgan fingerprint density at radius 3 is 2.60 bits per heavy atom. The smallest absolute Gasteiger partial charge is 0.303 e. The summed E-state index contributed by atoms with van der Waals surface area (Å²) in [5.74, 6) is 4.01. The SMILES string of the molecule is NOCCCCCC(=O)O. The lowest BCUT2D eigenvalue weighted by Crippen LogP contribution is -2.01. The van der Waals surface area contributed by atoms with Crippen molar-refractivity contribution in [2.75, 3.05) is 6.61 Å². The Bertz CT molecular complexity index is 95.0. The van der Waals surface area contributed by atoms with Crippen LogP contribution in [0.1, 0.15) is 25.7 Å². The summed E-state index contributed by atoms with van der Waals surface area (Å²) in [4.78, 5) is 14.3. The van der Waals surface area contributed by atoms with Gasteiger partial charge in [-0.1, -0.05) is 6.42 Å². The highest BCUT2D eigenvalue weighted by Gasteiger charge is 1.95. The molecule has 0 aliphatic rings. The first-order chi connectivity index (χ1) is 4.77. The van der Waals surface area contributed by atoms with Crippen LogP contribution < -0.4 is 5.90 Å². The average Bonchev–Trinajstić information content (AvgIpc) is 1.87. The van der Waals surface area contributed by atoms with Gasteiger partial charge in [-0.05, 0) is 12.8 Å². The van der Waals surface area contributed by atoms with Gasteiger partial charge in [0, 0.05) is 6.42 Å². The summed E-state index contributed by atoms with van der Waals surface area (Å²) >= 11 is 0. The first-order valence-electron chi connectivity index (χ1n) is 3.31. The van der Waals surface area contributed by atoms with E-state index in [2.05, 4.69) is 4.84 Å². The molecule has 3 N–H and O–H groups in total. The molecule has 10 heavy (non-hydrogen) atoms. The maximum absolute atomic E-state index is 9.98. The Morgan fingerprint density at radius 2 is 2.10 bits per heavy atom. The van der Waals surface area contributed by atoms with Crippen LogP contribution in [-0.2, 0) is 9.63 Å². The van der Waals surface area contributed by atoms with Crippen LogP contribution >= 0.6 is 0 Å². The highest BCUT2D eigenvalue weighted by molar-refractivity contribution is 5.66. The van der Waals surface area contributed by atoms with Gasteiger partial charge in [0.05, 0.1) is 6.61 Å². The van der Waals surface area contributed by atoms with Crippen molar-refractivity contribution in [3.63, 3.8) is 0 Å². The first kappa shape index (κ1) is 9.39. The molecule has 0 heterocycles. The number of carboxylic acid groups (broad SMARTS) is 1. The molecule has 0 aliphatic carbocycles. The Balaban J connectivity index is 2.84. The summed E-state index contributed by atoms with van der Waals surface area (Å²) in [7, 11) is 0. The lowest BCUT2D eigenvalue weighted by molar-refractivity contribution is -0.137. The average molecular weight is 147 g/mol. The number of carboxylic acids is 1. The summed E-state index contributed by atoms with van der Waals surface area (Å²) in [6.45, 7) is 0.514. The minimum Gasteiger partial charge on any atom is -0.481 e. The highest BCUT2D eigenvalue weighted by Crippen LogP contribution is 1.98. The monoisotopic (exact) mass is 147 g/mol. The maximum atomic E-state index is 9.98. The van der Waals surface area contributed by atoms with Crippen LogP contribution in [0.4, 0.5) is 0 Å². The summed E-state index contributed by atoms with van der Waals surface area (Å²) < 4.78 is 0. The largest absolute Gasteiger partial charge is 0.481 e. The summed E-state index contributed by atoms with van der Waals surface area (Å²) in [6.07, 6.45) is 2.65. The van der Waals surface area contributed by atoms with E-state index in [1.807, 2.05) is 0 Å². The van der Waals surface area contributed by atoms with E-state index >= 15 is 0 Å². The summed E-state index contributed by atoms with van der Waals surface area (Å²) in [5.41, 5.74) is 0. The van der Waals surface area contributed by atoms with E-state index in [9.17, 15) is 4.79 Å². The van der Waals surface area contributed by atoms with Gasteiger partial charge >= 0.3 is 5.97 Å². The summed E-state index contributed by atoms with van der Waals surface area (Å²) in [5, 5.41) is 8.21. The lowest BCUT2D eigenvalue weighted by Gasteiger charge is -1.95. The van der Waals surface area contributed by atoms with Crippen molar-refractivity contribution in [1.29, 1.82) is 0 Å². The van der Waals surface area contributed by atoms with Crippen LogP contribution in [0.2, 0.25) is 0 Å². The van der Waals surface area contributed by atoms with Crippen LogP contribution in [-0.4, -0.2) is 17.7 Å². The third-order valence-corrected chi connectivity index (χ3v) is 1.15. The molecule has 0 fully saturated rings. The fourth-order valence-corrected chi connectivity index (χ4v) is 0.638. The van der Waals surface area contributed by atoms with Gasteiger partial charge in [-0.2, -0.15) is 0 Å². The standard InChI is InChI=1S/C6H13NO3/c7-10-5-3-1-2-4-6(8)9/h1-5,7H2,(H,8,9). The van der Waals surface area contributed by atoms with Gasteiger partial charge in [-0.25, -0.2) is 5.90 Å². The third kappa shape index (κ3) is 7.39. The number of rotatable bonds is 6. The molecule has 0 atom stereocenters.